The Bertz CT molecular complexity index is 461. The Morgan fingerprint density at radius 1 is 1.53 bits per heavy atom. The van der Waals surface area contributed by atoms with E-state index in [0.29, 0.717) is 17.6 Å². The molecule has 4 nitrogen and oxygen atoms in total. The minimum atomic E-state index is -0.919. The minimum Gasteiger partial charge on any atom is -0.457 e. The van der Waals surface area contributed by atoms with Gasteiger partial charge in [0.05, 0.1) is 12.2 Å². The molecule has 2 aliphatic heterocycles. The molecule has 0 aromatic heterocycles. The fourth-order valence-corrected chi connectivity index (χ4v) is 2.41. The van der Waals surface area contributed by atoms with Gasteiger partial charge in [-0.1, -0.05) is 6.07 Å². The van der Waals surface area contributed by atoms with Gasteiger partial charge in [-0.2, -0.15) is 11.8 Å². The molecule has 1 fully saturated rings. The molecule has 2 aliphatic rings. The molecule has 1 saturated heterocycles. The van der Waals surface area contributed by atoms with Crippen LogP contribution in [0.3, 0.4) is 0 Å². The summed E-state index contributed by atoms with van der Waals surface area (Å²) in [5, 5.41) is 9.55. The number of rotatable bonds is 2. The quantitative estimate of drug-likeness (QED) is 0.599. The lowest BCUT2D eigenvalue weighted by Gasteiger charge is -2.24. The van der Waals surface area contributed by atoms with Crippen molar-refractivity contribution < 1.29 is 19.2 Å². The van der Waals surface area contributed by atoms with Crippen molar-refractivity contribution in [3.8, 4) is 0 Å². The molecule has 0 bridgehead atoms. The Morgan fingerprint density at radius 3 is 3.06 bits per heavy atom. The Morgan fingerprint density at radius 2 is 2.35 bits per heavy atom. The van der Waals surface area contributed by atoms with Crippen LogP contribution in [-0.4, -0.2) is 35.7 Å². The summed E-state index contributed by atoms with van der Waals surface area (Å²) < 4.78 is 10.4. The number of thioether (sulfide) groups is 1. The first-order valence-corrected chi connectivity index (χ1v) is 6.61. The summed E-state index contributed by atoms with van der Waals surface area (Å²) >= 11 is 1.77. The van der Waals surface area contributed by atoms with Crippen LogP contribution in [0.1, 0.15) is 15.9 Å². The molecule has 0 saturated carbocycles. The van der Waals surface area contributed by atoms with Gasteiger partial charge in [0.15, 0.2) is 0 Å². The lowest BCUT2D eigenvalue weighted by atomic mass is 9.79. The minimum absolute atomic E-state index is 0.0435. The van der Waals surface area contributed by atoms with Crippen molar-refractivity contribution in [2.24, 2.45) is 0 Å². The molecule has 6 heteroatoms. The van der Waals surface area contributed by atoms with Gasteiger partial charge in [-0.25, -0.2) is 4.79 Å². The molecule has 17 heavy (non-hydrogen) atoms. The van der Waals surface area contributed by atoms with Crippen LogP contribution in [0, 0.1) is 0 Å². The zero-order chi connectivity index (χ0) is 11.8. The van der Waals surface area contributed by atoms with Crippen LogP contribution in [0.25, 0.3) is 0 Å². The van der Waals surface area contributed by atoms with Crippen LogP contribution in [-0.2, 0) is 16.0 Å². The predicted octanol–water partition coefficient (Wildman–Crippen LogP) is 0.177. The summed E-state index contributed by atoms with van der Waals surface area (Å²) in [4.78, 5) is 11.8. The molecule has 0 atom stereocenters. The summed E-state index contributed by atoms with van der Waals surface area (Å²) in [6.45, 7) is 0.394. The first-order chi connectivity index (χ1) is 8.24. The molecular formula is C11H11BO4S. The van der Waals surface area contributed by atoms with E-state index in [1.807, 2.05) is 0 Å². The Labute approximate surface area is 103 Å². The van der Waals surface area contributed by atoms with Crippen molar-refractivity contribution in [2.45, 2.75) is 12.7 Å². The van der Waals surface area contributed by atoms with Gasteiger partial charge in [0.2, 0.25) is 0 Å². The number of hydrogen-bond donors (Lipinski definition) is 1. The summed E-state index contributed by atoms with van der Waals surface area (Å²) in [5.74, 6) is 1.43. The van der Waals surface area contributed by atoms with Gasteiger partial charge in [0.1, 0.15) is 6.10 Å². The number of carbonyl (C=O) groups excluding carboxylic acids is 1. The third kappa shape index (κ3) is 2.08. The van der Waals surface area contributed by atoms with Crippen LogP contribution in [0.5, 0.6) is 0 Å². The first kappa shape index (κ1) is 11.1. The van der Waals surface area contributed by atoms with E-state index in [0.717, 1.165) is 17.1 Å². The molecule has 3 rings (SSSR count). The van der Waals surface area contributed by atoms with Gasteiger partial charge in [-0.15, -0.1) is 0 Å². The van der Waals surface area contributed by atoms with Crippen LogP contribution in [0.15, 0.2) is 18.2 Å². The highest BCUT2D eigenvalue weighted by Gasteiger charge is 2.29. The van der Waals surface area contributed by atoms with Gasteiger partial charge < -0.3 is 14.4 Å². The lowest BCUT2D eigenvalue weighted by Crippen LogP contribution is -2.32. The fourth-order valence-electron chi connectivity index (χ4n) is 1.84. The maximum absolute atomic E-state index is 11.8. The number of ether oxygens (including phenoxy) is 1. The van der Waals surface area contributed by atoms with Crippen molar-refractivity contribution >= 4 is 30.3 Å². The van der Waals surface area contributed by atoms with Gasteiger partial charge in [-0.3, -0.25) is 0 Å². The zero-order valence-electron chi connectivity index (χ0n) is 9.09. The molecule has 0 aliphatic carbocycles. The molecule has 1 aromatic rings. The number of benzene rings is 1. The van der Waals surface area contributed by atoms with Gasteiger partial charge in [-0.05, 0) is 23.2 Å². The number of fused-ring (bicyclic) bond motifs is 1. The molecule has 2 heterocycles. The average Bonchev–Trinajstić information content (AvgIpc) is 2.65. The molecule has 0 radical (unpaired) electrons. The summed E-state index contributed by atoms with van der Waals surface area (Å²) in [6, 6.07) is 5.17. The SMILES string of the molecule is O=C(OC1CSC1)c1ccc2c(c1)B(O)OC2. The van der Waals surface area contributed by atoms with Crippen molar-refractivity contribution in [1.82, 2.24) is 0 Å². The molecule has 1 aromatic carbocycles. The molecule has 0 unspecified atom stereocenters. The highest BCUT2D eigenvalue weighted by atomic mass is 32.2. The van der Waals surface area contributed by atoms with Crippen LogP contribution >= 0.6 is 11.8 Å². The lowest BCUT2D eigenvalue weighted by molar-refractivity contribution is 0.0375. The second-order valence-electron chi connectivity index (χ2n) is 4.14. The van der Waals surface area contributed by atoms with E-state index in [1.54, 1.807) is 30.0 Å². The molecule has 88 valence electrons. The monoisotopic (exact) mass is 250 g/mol. The van der Waals surface area contributed by atoms with Gasteiger partial charge in [0.25, 0.3) is 0 Å². The maximum atomic E-state index is 11.8. The zero-order valence-corrected chi connectivity index (χ0v) is 9.90. The van der Waals surface area contributed by atoms with Crippen LogP contribution in [0.4, 0.5) is 0 Å². The van der Waals surface area contributed by atoms with Crippen molar-refractivity contribution in [2.75, 3.05) is 11.5 Å². The van der Waals surface area contributed by atoms with Gasteiger partial charge in [0, 0.05) is 11.5 Å². The van der Waals surface area contributed by atoms with Crippen LogP contribution in [0.2, 0.25) is 0 Å². The van der Waals surface area contributed by atoms with E-state index in [2.05, 4.69) is 0 Å². The Kier molecular flexibility index (Phi) is 2.86. The Balaban J connectivity index is 1.78. The topological polar surface area (TPSA) is 55.8 Å². The molecule has 0 spiro atoms. The second kappa shape index (κ2) is 4.36. The highest BCUT2D eigenvalue weighted by molar-refractivity contribution is 8.00. The van der Waals surface area contributed by atoms with Crippen molar-refractivity contribution in [3.63, 3.8) is 0 Å². The van der Waals surface area contributed by atoms with Crippen LogP contribution < -0.4 is 5.46 Å². The van der Waals surface area contributed by atoms with Crippen molar-refractivity contribution in [1.29, 1.82) is 0 Å². The summed E-state index contributed by atoms with van der Waals surface area (Å²) in [5.41, 5.74) is 2.07. The third-order valence-electron chi connectivity index (χ3n) is 2.93. The fraction of sp³-hybridized carbons (Fsp3) is 0.364. The number of carbonyl (C=O) groups is 1. The number of hydrogen-bond acceptors (Lipinski definition) is 5. The Hall–Kier alpha value is -0.975. The van der Waals surface area contributed by atoms with E-state index < -0.39 is 7.12 Å². The standard InChI is InChI=1S/C11H11BO4S/c13-11(16-9-5-17-6-9)7-1-2-8-4-15-12(14)10(8)3-7/h1-3,9,14H,4-6H2. The molecule has 0 amide bonds. The largest absolute Gasteiger partial charge is 0.491 e. The second-order valence-corrected chi connectivity index (χ2v) is 5.22. The van der Waals surface area contributed by atoms with E-state index >= 15 is 0 Å². The third-order valence-corrected chi connectivity index (χ3v) is 4.14. The predicted molar refractivity (Wildman–Crippen MR) is 65.4 cm³/mol. The normalized spacial score (nSPS) is 18.8. The van der Waals surface area contributed by atoms with Gasteiger partial charge >= 0.3 is 13.1 Å². The number of esters is 1. The van der Waals surface area contributed by atoms with E-state index in [4.69, 9.17) is 9.39 Å². The van der Waals surface area contributed by atoms with E-state index in [1.165, 1.54) is 0 Å². The smallest absolute Gasteiger partial charge is 0.457 e. The van der Waals surface area contributed by atoms with E-state index in [-0.39, 0.29) is 12.1 Å². The highest BCUT2D eigenvalue weighted by Crippen LogP contribution is 2.22. The summed E-state index contributed by atoms with van der Waals surface area (Å²) in [6.07, 6.45) is 0.0435. The molecule has 1 N–H and O–H groups in total. The summed E-state index contributed by atoms with van der Waals surface area (Å²) in [7, 11) is -0.919. The van der Waals surface area contributed by atoms with Crippen molar-refractivity contribution in [3.05, 3.63) is 29.3 Å². The van der Waals surface area contributed by atoms with E-state index in [9.17, 15) is 9.82 Å². The average molecular weight is 250 g/mol. The molecular weight excluding hydrogens is 239 g/mol. The maximum Gasteiger partial charge on any atom is 0.491 e. The first-order valence-electron chi connectivity index (χ1n) is 5.45.